The average molecular weight is 411 g/mol. The number of ether oxygens (including phenoxy) is 2. The van der Waals surface area contributed by atoms with Crippen molar-refractivity contribution in [3.05, 3.63) is 51.6 Å². The zero-order chi connectivity index (χ0) is 15.9. The van der Waals surface area contributed by atoms with Gasteiger partial charge in [0.25, 0.3) is 5.91 Å². The van der Waals surface area contributed by atoms with Crippen LogP contribution < -0.4 is 14.8 Å². The second-order valence-electron chi connectivity index (χ2n) is 4.38. The number of carbonyl (C=O) groups is 2. The minimum Gasteiger partial charge on any atom is -0.493 e. The summed E-state index contributed by atoms with van der Waals surface area (Å²) in [6, 6.07) is 12.2. The molecule has 0 aromatic heterocycles. The molecule has 2 rings (SSSR count). The van der Waals surface area contributed by atoms with Crippen LogP contribution in [0.3, 0.4) is 0 Å². The van der Waals surface area contributed by atoms with E-state index in [0.717, 1.165) is 3.57 Å². The molecule has 1 amide bonds. The van der Waals surface area contributed by atoms with E-state index in [1.54, 1.807) is 18.2 Å². The Morgan fingerprint density at radius 2 is 2.05 bits per heavy atom. The quantitative estimate of drug-likeness (QED) is 0.586. The normalized spacial score (nSPS) is 9.91. The smallest absolute Gasteiger partial charge is 0.262 e. The molecule has 0 aliphatic carbocycles. The minimum absolute atomic E-state index is 0.176. The largest absolute Gasteiger partial charge is 0.493 e. The van der Waals surface area contributed by atoms with Gasteiger partial charge in [0.05, 0.1) is 7.11 Å². The highest BCUT2D eigenvalue weighted by Crippen LogP contribution is 2.27. The Kier molecular flexibility index (Phi) is 5.76. The molecule has 114 valence electrons. The van der Waals surface area contributed by atoms with Gasteiger partial charge in [0.15, 0.2) is 18.1 Å². The SMILES string of the molecule is COc1ccc(C=O)cc1OCC(=O)Nc1cccc(I)c1. The maximum absolute atomic E-state index is 11.9. The molecule has 1 N–H and O–H groups in total. The number of aldehydes is 1. The fraction of sp³-hybridized carbons (Fsp3) is 0.125. The predicted molar refractivity (Wildman–Crippen MR) is 91.7 cm³/mol. The van der Waals surface area contributed by atoms with E-state index in [1.165, 1.54) is 13.2 Å². The lowest BCUT2D eigenvalue weighted by atomic mass is 10.2. The van der Waals surface area contributed by atoms with Gasteiger partial charge in [-0.1, -0.05) is 6.07 Å². The highest BCUT2D eigenvalue weighted by atomic mass is 127. The Hall–Kier alpha value is -2.09. The molecule has 0 spiro atoms. The molecule has 0 aliphatic rings. The molecular weight excluding hydrogens is 397 g/mol. The van der Waals surface area contributed by atoms with Crippen molar-refractivity contribution in [2.75, 3.05) is 19.0 Å². The molecule has 5 nitrogen and oxygen atoms in total. The summed E-state index contributed by atoms with van der Waals surface area (Å²) in [7, 11) is 1.49. The van der Waals surface area contributed by atoms with Crippen molar-refractivity contribution in [2.45, 2.75) is 0 Å². The van der Waals surface area contributed by atoms with Gasteiger partial charge in [0.1, 0.15) is 6.29 Å². The maximum Gasteiger partial charge on any atom is 0.262 e. The standard InChI is InChI=1S/C16H14INO4/c1-21-14-6-5-11(9-19)7-15(14)22-10-16(20)18-13-4-2-3-12(17)8-13/h2-9H,10H2,1H3,(H,18,20). The van der Waals surface area contributed by atoms with Gasteiger partial charge in [-0.25, -0.2) is 0 Å². The molecule has 0 saturated heterocycles. The number of nitrogens with one attached hydrogen (secondary N) is 1. The fourth-order valence-electron chi connectivity index (χ4n) is 1.79. The number of rotatable bonds is 6. The van der Waals surface area contributed by atoms with Gasteiger partial charge in [0, 0.05) is 14.8 Å². The zero-order valence-corrected chi connectivity index (χ0v) is 14.0. The van der Waals surface area contributed by atoms with E-state index >= 15 is 0 Å². The molecule has 22 heavy (non-hydrogen) atoms. The van der Waals surface area contributed by atoms with Crippen molar-refractivity contribution >= 4 is 40.5 Å². The van der Waals surface area contributed by atoms with Gasteiger partial charge in [-0.05, 0) is 59.0 Å². The van der Waals surface area contributed by atoms with Gasteiger partial charge in [-0.3, -0.25) is 9.59 Å². The van der Waals surface area contributed by atoms with Crippen LogP contribution >= 0.6 is 22.6 Å². The number of hydrogen-bond donors (Lipinski definition) is 1. The number of amides is 1. The van der Waals surface area contributed by atoms with E-state index in [2.05, 4.69) is 27.9 Å². The molecule has 0 fully saturated rings. The first-order chi connectivity index (χ1) is 10.6. The summed E-state index contributed by atoms with van der Waals surface area (Å²) in [5.41, 5.74) is 1.16. The van der Waals surface area contributed by atoms with Crippen molar-refractivity contribution in [3.63, 3.8) is 0 Å². The lowest BCUT2D eigenvalue weighted by Gasteiger charge is -2.11. The van der Waals surface area contributed by atoms with Crippen molar-refractivity contribution in [3.8, 4) is 11.5 Å². The van der Waals surface area contributed by atoms with Gasteiger partial charge in [0.2, 0.25) is 0 Å². The van der Waals surface area contributed by atoms with Crippen LogP contribution in [-0.2, 0) is 4.79 Å². The average Bonchev–Trinajstić information content (AvgIpc) is 2.52. The Balaban J connectivity index is 2.00. The molecular formula is C16H14INO4. The van der Waals surface area contributed by atoms with E-state index in [-0.39, 0.29) is 12.5 Å². The summed E-state index contributed by atoms with van der Waals surface area (Å²) in [6.07, 6.45) is 0.707. The van der Waals surface area contributed by atoms with Gasteiger partial charge in [-0.2, -0.15) is 0 Å². The summed E-state index contributed by atoms with van der Waals surface area (Å²) >= 11 is 2.17. The van der Waals surface area contributed by atoms with Crippen LogP contribution in [0.5, 0.6) is 11.5 Å². The summed E-state index contributed by atoms with van der Waals surface area (Å²) in [6.45, 7) is -0.176. The van der Waals surface area contributed by atoms with Crippen molar-refractivity contribution in [2.24, 2.45) is 0 Å². The molecule has 0 aliphatic heterocycles. The van der Waals surface area contributed by atoms with Crippen LogP contribution in [0, 0.1) is 3.57 Å². The molecule has 0 radical (unpaired) electrons. The Bertz CT molecular complexity index is 688. The maximum atomic E-state index is 11.9. The van der Waals surface area contributed by atoms with Gasteiger partial charge in [-0.15, -0.1) is 0 Å². The van der Waals surface area contributed by atoms with E-state index in [4.69, 9.17) is 9.47 Å². The Morgan fingerprint density at radius 1 is 1.23 bits per heavy atom. The number of carbonyl (C=O) groups excluding carboxylic acids is 2. The third-order valence-electron chi connectivity index (χ3n) is 2.79. The molecule has 0 heterocycles. The molecule has 2 aromatic carbocycles. The molecule has 6 heteroatoms. The highest BCUT2D eigenvalue weighted by Gasteiger charge is 2.09. The fourth-order valence-corrected chi connectivity index (χ4v) is 2.33. The summed E-state index contributed by atoms with van der Waals surface area (Å²) in [5.74, 6) is 0.526. The monoisotopic (exact) mass is 411 g/mol. The summed E-state index contributed by atoms with van der Waals surface area (Å²) < 4.78 is 11.6. The molecule has 0 saturated carbocycles. The lowest BCUT2D eigenvalue weighted by molar-refractivity contribution is -0.118. The van der Waals surface area contributed by atoms with Crippen molar-refractivity contribution in [1.82, 2.24) is 0 Å². The van der Waals surface area contributed by atoms with E-state index in [1.807, 2.05) is 18.2 Å². The lowest BCUT2D eigenvalue weighted by Crippen LogP contribution is -2.20. The topological polar surface area (TPSA) is 64.6 Å². The minimum atomic E-state index is -0.291. The van der Waals surface area contributed by atoms with Crippen LogP contribution in [0.15, 0.2) is 42.5 Å². The zero-order valence-electron chi connectivity index (χ0n) is 11.8. The molecule has 0 bridgehead atoms. The van der Waals surface area contributed by atoms with Gasteiger partial charge < -0.3 is 14.8 Å². The van der Waals surface area contributed by atoms with Crippen LogP contribution in [0.1, 0.15) is 10.4 Å². The second kappa shape index (κ2) is 7.79. The van der Waals surface area contributed by atoms with E-state index < -0.39 is 0 Å². The first-order valence-electron chi connectivity index (χ1n) is 6.44. The van der Waals surface area contributed by atoms with Crippen LogP contribution in [0.2, 0.25) is 0 Å². The predicted octanol–water partition coefficient (Wildman–Crippen LogP) is 3.13. The van der Waals surface area contributed by atoms with Crippen molar-refractivity contribution in [1.29, 1.82) is 0 Å². The van der Waals surface area contributed by atoms with Crippen molar-refractivity contribution < 1.29 is 19.1 Å². The van der Waals surface area contributed by atoms with Crippen LogP contribution in [-0.4, -0.2) is 25.9 Å². The number of benzene rings is 2. The first kappa shape index (κ1) is 16.3. The summed E-state index contributed by atoms with van der Waals surface area (Å²) in [4.78, 5) is 22.7. The van der Waals surface area contributed by atoms with E-state index in [9.17, 15) is 9.59 Å². The molecule has 2 aromatic rings. The Labute approximate surface area is 141 Å². The van der Waals surface area contributed by atoms with Crippen LogP contribution in [0.4, 0.5) is 5.69 Å². The third kappa shape index (κ3) is 4.45. The molecule has 0 atom stereocenters. The summed E-state index contributed by atoms with van der Waals surface area (Å²) in [5, 5.41) is 2.74. The van der Waals surface area contributed by atoms with Crippen LogP contribution in [0.25, 0.3) is 0 Å². The number of anilines is 1. The Morgan fingerprint density at radius 3 is 2.73 bits per heavy atom. The third-order valence-corrected chi connectivity index (χ3v) is 3.46. The number of methoxy groups -OCH3 is 1. The van der Waals surface area contributed by atoms with E-state index in [0.29, 0.717) is 29.0 Å². The highest BCUT2D eigenvalue weighted by molar-refractivity contribution is 14.1. The number of halogens is 1. The second-order valence-corrected chi connectivity index (χ2v) is 5.62. The molecule has 0 unspecified atom stereocenters. The first-order valence-corrected chi connectivity index (χ1v) is 7.51. The van der Waals surface area contributed by atoms with Gasteiger partial charge >= 0.3 is 0 Å². The number of hydrogen-bond acceptors (Lipinski definition) is 4.